The van der Waals surface area contributed by atoms with Crippen LogP contribution in [0, 0.1) is 6.92 Å². The summed E-state index contributed by atoms with van der Waals surface area (Å²) >= 11 is 0. The van der Waals surface area contributed by atoms with E-state index >= 15 is 0 Å². The molecule has 1 saturated heterocycles. The van der Waals surface area contributed by atoms with Gasteiger partial charge >= 0.3 is 0 Å². The second-order valence-corrected chi connectivity index (χ2v) is 6.47. The highest BCUT2D eigenvalue weighted by Crippen LogP contribution is 2.33. The molecule has 0 amide bonds. The molecule has 120 valence electrons. The van der Waals surface area contributed by atoms with Crippen molar-refractivity contribution in [2.45, 2.75) is 50.9 Å². The molecule has 4 atom stereocenters. The first-order valence-corrected chi connectivity index (χ1v) is 7.82. The molecule has 0 spiro atoms. The zero-order valence-corrected chi connectivity index (χ0v) is 13.6. The largest absolute Gasteiger partial charge is 0.465 e. The maximum atomic E-state index is 10.1. The molecule has 0 bridgehead atoms. The van der Waals surface area contributed by atoms with Gasteiger partial charge in [-0.05, 0) is 46.0 Å². The van der Waals surface area contributed by atoms with Gasteiger partial charge in [-0.15, -0.1) is 0 Å². The van der Waals surface area contributed by atoms with Crippen molar-refractivity contribution in [3.8, 4) is 0 Å². The Balaban J connectivity index is 2.26. The molecule has 4 unspecified atom stereocenters. The molecular formula is C16H29N3O2. The van der Waals surface area contributed by atoms with Gasteiger partial charge in [0.25, 0.3) is 0 Å². The highest BCUT2D eigenvalue weighted by molar-refractivity contribution is 5.13. The maximum absolute atomic E-state index is 10.1. The highest BCUT2D eigenvalue weighted by atomic mass is 16.3. The third-order valence-electron chi connectivity index (χ3n) is 4.30. The van der Waals surface area contributed by atoms with Crippen LogP contribution in [0.25, 0.3) is 0 Å². The quantitative estimate of drug-likeness (QED) is 0.829. The Bertz CT molecular complexity index is 446. The van der Waals surface area contributed by atoms with E-state index in [1.165, 1.54) is 0 Å². The van der Waals surface area contributed by atoms with Crippen molar-refractivity contribution in [2.24, 2.45) is 5.73 Å². The molecule has 3 N–H and O–H groups in total. The first kappa shape index (κ1) is 16.5. The van der Waals surface area contributed by atoms with E-state index in [2.05, 4.69) is 30.8 Å². The molecule has 0 aliphatic carbocycles. The Labute approximate surface area is 127 Å². The number of hydrogen-bond donors (Lipinski definition) is 2. The van der Waals surface area contributed by atoms with E-state index in [-0.39, 0.29) is 18.2 Å². The lowest BCUT2D eigenvalue weighted by atomic mass is 10.0. The molecule has 0 radical (unpaired) electrons. The minimum Gasteiger partial charge on any atom is -0.465 e. The van der Waals surface area contributed by atoms with Gasteiger partial charge in [0, 0.05) is 25.2 Å². The van der Waals surface area contributed by atoms with Crippen LogP contribution in [0.15, 0.2) is 16.5 Å². The molecule has 2 heterocycles. The molecule has 1 aromatic heterocycles. The maximum Gasteiger partial charge on any atom is 0.122 e. The van der Waals surface area contributed by atoms with E-state index in [1.54, 1.807) is 0 Å². The number of aliphatic hydroxyl groups is 1. The number of nitrogens with zero attached hydrogens (tertiary/aromatic N) is 2. The summed E-state index contributed by atoms with van der Waals surface area (Å²) in [7, 11) is 4.13. The summed E-state index contributed by atoms with van der Waals surface area (Å²) in [6.45, 7) is 5.63. The van der Waals surface area contributed by atoms with Gasteiger partial charge in [-0.3, -0.25) is 4.90 Å². The van der Waals surface area contributed by atoms with E-state index in [0.29, 0.717) is 12.6 Å². The fourth-order valence-corrected chi connectivity index (χ4v) is 3.31. The van der Waals surface area contributed by atoms with Crippen LogP contribution in [0.1, 0.15) is 37.3 Å². The molecule has 0 saturated carbocycles. The molecule has 2 rings (SSSR count). The Kier molecular flexibility index (Phi) is 5.43. The lowest BCUT2D eigenvalue weighted by molar-refractivity contribution is 0.104. The Morgan fingerprint density at radius 3 is 2.71 bits per heavy atom. The molecule has 1 aromatic rings. The first-order valence-electron chi connectivity index (χ1n) is 7.82. The minimum atomic E-state index is -0.280. The number of nitrogens with two attached hydrogens (primary N) is 1. The van der Waals surface area contributed by atoms with Crippen molar-refractivity contribution in [3.05, 3.63) is 23.7 Å². The molecule has 5 heteroatoms. The van der Waals surface area contributed by atoms with Crippen LogP contribution in [-0.4, -0.2) is 60.3 Å². The Morgan fingerprint density at radius 2 is 2.19 bits per heavy atom. The molecule has 5 nitrogen and oxygen atoms in total. The van der Waals surface area contributed by atoms with Crippen LogP contribution >= 0.6 is 0 Å². The molecule has 1 aliphatic heterocycles. The number of β-amino-alcohol motifs (C(OH)–C–C–N with tert-alkyl or cyclic N) is 1. The van der Waals surface area contributed by atoms with Crippen LogP contribution in [0.2, 0.25) is 0 Å². The van der Waals surface area contributed by atoms with E-state index in [1.807, 2.05) is 19.1 Å². The van der Waals surface area contributed by atoms with Crippen molar-refractivity contribution in [1.29, 1.82) is 0 Å². The van der Waals surface area contributed by atoms with Gasteiger partial charge in [0.05, 0.1) is 12.1 Å². The zero-order chi connectivity index (χ0) is 15.6. The van der Waals surface area contributed by atoms with E-state index in [0.717, 1.165) is 30.9 Å². The summed E-state index contributed by atoms with van der Waals surface area (Å²) in [5.41, 5.74) is 6.38. The van der Waals surface area contributed by atoms with Crippen LogP contribution in [0.4, 0.5) is 0 Å². The van der Waals surface area contributed by atoms with E-state index in [9.17, 15) is 5.11 Å². The summed E-state index contributed by atoms with van der Waals surface area (Å²) in [6, 6.07) is 4.35. The van der Waals surface area contributed by atoms with Crippen molar-refractivity contribution < 1.29 is 9.52 Å². The molecule has 1 fully saturated rings. The van der Waals surface area contributed by atoms with E-state index < -0.39 is 0 Å². The minimum absolute atomic E-state index is 0.00510. The number of rotatable bonds is 6. The lowest BCUT2D eigenvalue weighted by Crippen LogP contribution is -2.46. The number of likely N-dealkylation sites (N-methyl/N-ethyl adjacent to an activating group) is 1. The van der Waals surface area contributed by atoms with Crippen molar-refractivity contribution in [2.75, 3.05) is 27.2 Å². The predicted octanol–water partition coefficient (Wildman–Crippen LogP) is 1.36. The van der Waals surface area contributed by atoms with E-state index in [4.69, 9.17) is 10.2 Å². The summed E-state index contributed by atoms with van der Waals surface area (Å²) in [5.74, 6) is 1.82. The zero-order valence-electron chi connectivity index (χ0n) is 13.6. The molecule has 1 aliphatic rings. The predicted molar refractivity (Wildman–Crippen MR) is 84.1 cm³/mol. The number of hydrogen-bond acceptors (Lipinski definition) is 5. The number of likely N-dealkylation sites (tertiary alicyclic amines) is 1. The van der Waals surface area contributed by atoms with Gasteiger partial charge in [-0.25, -0.2) is 0 Å². The number of aryl methyl sites for hydroxylation is 1. The van der Waals surface area contributed by atoms with Crippen LogP contribution in [-0.2, 0) is 0 Å². The van der Waals surface area contributed by atoms with Gasteiger partial charge in [-0.2, -0.15) is 0 Å². The van der Waals surface area contributed by atoms with Gasteiger partial charge in [-0.1, -0.05) is 6.92 Å². The van der Waals surface area contributed by atoms with Crippen molar-refractivity contribution >= 4 is 0 Å². The van der Waals surface area contributed by atoms with Crippen LogP contribution in [0.3, 0.4) is 0 Å². The standard InChI is InChI=1S/C16H29N3O2/c1-5-14(17)16(15-7-6-11(2)21-15)19-10-13(20)8-12(19)9-18(3)4/h6-7,12-14,16,20H,5,8-10,17H2,1-4H3. The SMILES string of the molecule is CCC(N)C(c1ccc(C)o1)N1CC(O)CC1CN(C)C. The van der Waals surface area contributed by atoms with Crippen molar-refractivity contribution in [3.63, 3.8) is 0 Å². The fourth-order valence-electron chi connectivity index (χ4n) is 3.31. The van der Waals surface area contributed by atoms with Gasteiger partial charge in [0.1, 0.15) is 11.5 Å². The van der Waals surface area contributed by atoms with Gasteiger partial charge in [0.2, 0.25) is 0 Å². The van der Waals surface area contributed by atoms with Gasteiger partial charge in [0.15, 0.2) is 0 Å². The summed E-state index contributed by atoms with van der Waals surface area (Å²) < 4.78 is 5.85. The topological polar surface area (TPSA) is 65.9 Å². The van der Waals surface area contributed by atoms with Gasteiger partial charge < -0.3 is 20.2 Å². The van der Waals surface area contributed by atoms with Crippen LogP contribution in [0.5, 0.6) is 0 Å². The number of aliphatic hydroxyl groups excluding tert-OH is 1. The highest BCUT2D eigenvalue weighted by Gasteiger charge is 2.39. The molecule has 0 aromatic carbocycles. The third-order valence-corrected chi connectivity index (χ3v) is 4.30. The summed E-state index contributed by atoms with van der Waals surface area (Å²) in [5, 5.41) is 10.1. The first-order chi connectivity index (χ1) is 9.92. The van der Waals surface area contributed by atoms with Crippen LogP contribution < -0.4 is 5.73 Å². The second-order valence-electron chi connectivity index (χ2n) is 6.47. The molecular weight excluding hydrogens is 266 g/mol. The molecule has 21 heavy (non-hydrogen) atoms. The normalized spacial score (nSPS) is 26.4. The Hall–Kier alpha value is -0.880. The third kappa shape index (κ3) is 3.86. The average Bonchev–Trinajstić information content (AvgIpc) is 2.96. The number of furan rings is 1. The van der Waals surface area contributed by atoms with Crippen molar-refractivity contribution in [1.82, 2.24) is 9.80 Å². The summed E-state index contributed by atoms with van der Waals surface area (Å²) in [6.07, 6.45) is 1.40. The lowest BCUT2D eigenvalue weighted by Gasteiger charge is -2.36. The monoisotopic (exact) mass is 295 g/mol. The fraction of sp³-hybridized carbons (Fsp3) is 0.750. The average molecular weight is 295 g/mol. The second kappa shape index (κ2) is 6.92. The smallest absolute Gasteiger partial charge is 0.122 e. The Morgan fingerprint density at radius 1 is 1.48 bits per heavy atom. The summed E-state index contributed by atoms with van der Waals surface area (Å²) in [4.78, 5) is 4.49.